The largest absolute Gasteiger partial charge is 0.383 e. The van der Waals surface area contributed by atoms with Crippen LogP contribution in [0.25, 0.3) is 5.69 Å². The summed E-state index contributed by atoms with van der Waals surface area (Å²) in [4.78, 5) is 26.4. The van der Waals surface area contributed by atoms with Crippen LogP contribution in [0, 0.1) is 6.92 Å². The Kier molecular flexibility index (Phi) is 5.15. The fraction of sp³-hybridized carbons (Fsp3) is 0.227. The molecule has 1 aromatic heterocycles. The molecule has 0 unspecified atom stereocenters. The minimum absolute atomic E-state index is 0.107. The standard InChI is InChI=1S/C22H22N4O2S/c1-13-3-4-15(22(28)25-16-7-8-16)11-19(13)26-21(23)18(12-24-26)20(27)14-5-9-17(29-2)10-6-14/h3-6,9-12,16H,7-8,23H2,1-2H3,(H,25,28). The molecule has 148 valence electrons. The average molecular weight is 407 g/mol. The van der Waals surface area contributed by atoms with Gasteiger partial charge in [-0.05, 0) is 68.0 Å². The first kappa shape index (κ1) is 19.3. The highest BCUT2D eigenvalue weighted by Gasteiger charge is 2.24. The van der Waals surface area contributed by atoms with Crippen molar-refractivity contribution in [1.29, 1.82) is 0 Å². The molecule has 0 atom stereocenters. The predicted molar refractivity (Wildman–Crippen MR) is 115 cm³/mol. The molecule has 0 radical (unpaired) electrons. The lowest BCUT2D eigenvalue weighted by Crippen LogP contribution is -2.25. The van der Waals surface area contributed by atoms with E-state index in [2.05, 4.69) is 10.4 Å². The maximum Gasteiger partial charge on any atom is 0.251 e. The van der Waals surface area contributed by atoms with Gasteiger partial charge in [0.25, 0.3) is 5.91 Å². The fourth-order valence-electron chi connectivity index (χ4n) is 3.10. The summed E-state index contributed by atoms with van der Waals surface area (Å²) < 4.78 is 1.52. The Labute approximate surface area is 173 Å². The normalized spacial score (nSPS) is 13.3. The van der Waals surface area contributed by atoms with Crippen molar-refractivity contribution in [2.75, 3.05) is 12.0 Å². The smallest absolute Gasteiger partial charge is 0.251 e. The van der Waals surface area contributed by atoms with Crippen molar-refractivity contribution in [2.24, 2.45) is 0 Å². The lowest BCUT2D eigenvalue weighted by Gasteiger charge is -2.11. The van der Waals surface area contributed by atoms with Crippen molar-refractivity contribution in [2.45, 2.75) is 30.7 Å². The molecule has 3 aromatic rings. The van der Waals surface area contributed by atoms with Gasteiger partial charge in [-0.2, -0.15) is 5.10 Å². The Balaban J connectivity index is 1.65. The summed E-state index contributed by atoms with van der Waals surface area (Å²) >= 11 is 1.62. The monoisotopic (exact) mass is 406 g/mol. The molecule has 1 fully saturated rings. The van der Waals surface area contributed by atoms with Gasteiger partial charge in [-0.25, -0.2) is 4.68 Å². The third-order valence-corrected chi connectivity index (χ3v) is 5.76. The maximum absolute atomic E-state index is 12.9. The van der Waals surface area contributed by atoms with Crippen LogP contribution in [0.2, 0.25) is 0 Å². The number of carbonyl (C=O) groups is 2. The predicted octanol–water partition coefficient (Wildman–Crippen LogP) is 3.61. The molecule has 1 amide bonds. The number of benzene rings is 2. The van der Waals surface area contributed by atoms with E-state index in [0.29, 0.717) is 22.4 Å². The summed E-state index contributed by atoms with van der Waals surface area (Å²) in [6.07, 6.45) is 5.52. The number of carbonyl (C=O) groups excluding carboxylic acids is 2. The number of aromatic nitrogens is 2. The number of nitrogens with two attached hydrogens (primary N) is 1. The van der Waals surface area contributed by atoms with E-state index in [4.69, 9.17) is 5.73 Å². The number of amides is 1. The molecular formula is C22H22N4O2S. The van der Waals surface area contributed by atoms with Crippen LogP contribution in [0.1, 0.15) is 44.7 Å². The van der Waals surface area contributed by atoms with Gasteiger partial charge in [0.1, 0.15) is 5.82 Å². The molecule has 0 saturated heterocycles. The second-order valence-electron chi connectivity index (χ2n) is 7.16. The van der Waals surface area contributed by atoms with E-state index in [9.17, 15) is 9.59 Å². The van der Waals surface area contributed by atoms with Gasteiger partial charge in [-0.15, -0.1) is 11.8 Å². The first-order valence-corrected chi connectivity index (χ1v) is 10.6. The SMILES string of the molecule is CSc1ccc(C(=O)c2cnn(-c3cc(C(=O)NC4CC4)ccc3C)c2N)cc1. The van der Waals surface area contributed by atoms with Crippen LogP contribution in [0.5, 0.6) is 0 Å². The van der Waals surface area contributed by atoms with Crippen molar-refractivity contribution in [1.82, 2.24) is 15.1 Å². The van der Waals surface area contributed by atoms with E-state index in [1.54, 1.807) is 36.0 Å². The second-order valence-corrected chi connectivity index (χ2v) is 8.04. The minimum atomic E-state index is -0.179. The van der Waals surface area contributed by atoms with E-state index in [1.165, 1.54) is 10.9 Å². The molecule has 3 N–H and O–H groups in total. The number of ketones is 1. The summed E-state index contributed by atoms with van der Waals surface area (Å²) in [6, 6.07) is 13.1. The fourth-order valence-corrected chi connectivity index (χ4v) is 3.51. The van der Waals surface area contributed by atoms with Gasteiger partial charge in [-0.1, -0.05) is 6.07 Å². The number of nitrogens with zero attached hydrogens (tertiary/aromatic N) is 2. The molecule has 0 bridgehead atoms. The highest BCUT2D eigenvalue weighted by molar-refractivity contribution is 7.98. The second kappa shape index (κ2) is 7.75. The molecular weight excluding hydrogens is 384 g/mol. The molecule has 1 saturated carbocycles. The molecule has 1 heterocycles. The van der Waals surface area contributed by atoms with Gasteiger partial charge < -0.3 is 11.1 Å². The quantitative estimate of drug-likeness (QED) is 0.482. The molecule has 0 spiro atoms. The van der Waals surface area contributed by atoms with Gasteiger partial charge in [0.05, 0.1) is 17.4 Å². The van der Waals surface area contributed by atoms with E-state index >= 15 is 0 Å². The summed E-state index contributed by atoms with van der Waals surface area (Å²) in [5, 5.41) is 7.32. The summed E-state index contributed by atoms with van der Waals surface area (Å²) in [7, 11) is 0. The first-order valence-electron chi connectivity index (χ1n) is 9.42. The van der Waals surface area contributed by atoms with E-state index in [1.807, 2.05) is 31.4 Å². The lowest BCUT2D eigenvalue weighted by molar-refractivity contribution is 0.0950. The van der Waals surface area contributed by atoms with Crippen LogP contribution in [0.4, 0.5) is 5.82 Å². The Morgan fingerprint density at radius 3 is 2.48 bits per heavy atom. The van der Waals surface area contributed by atoms with Gasteiger partial charge in [0, 0.05) is 22.1 Å². The van der Waals surface area contributed by atoms with Crippen molar-refractivity contribution >= 4 is 29.3 Å². The summed E-state index contributed by atoms with van der Waals surface area (Å²) in [5.41, 5.74) is 9.33. The van der Waals surface area contributed by atoms with Gasteiger partial charge in [0.2, 0.25) is 0 Å². The van der Waals surface area contributed by atoms with Crippen molar-refractivity contribution in [3.8, 4) is 5.69 Å². The van der Waals surface area contributed by atoms with Crippen molar-refractivity contribution in [3.05, 3.63) is 70.9 Å². The number of aryl methyl sites for hydroxylation is 1. The number of nitrogen functional groups attached to an aromatic ring is 1. The molecule has 2 aromatic carbocycles. The van der Waals surface area contributed by atoms with E-state index < -0.39 is 0 Å². The zero-order valence-electron chi connectivity index (χ0n) is 16.3. The van der Waals surface area contributed by atoms with Crippen LogP contribution >= 0.6 is 11.8 Å². The third kappa shape index (κ3) is 3.91. The van der Waals surface area contributed by atoms with Crippen LogP contribution < -0.4 is 11.1 Å². The summed E-state index contributed by atoms with van der Waals surface area (Å²) in [6.45, 7) is 1.92. The van der Waals surface area contributed by atoms with Crippen molar-refractivity contribution < 1.29 is 9.59 Å². The van der Waals surface area contributed by atoms with Gasteiger partial charge in [0.15, 0.2) is 5.78 Å². The molecule has 7 heteroatoms. The third-order valence-electron chi connectivity index (χ3n) is 5.02. The van der Waals surface area contributed by atoms with Crippen LogP contribution in [-0.4, -0.2) is 33.8 Å². The minimum Gasteiger partial charge on any atom is -0.383 e. The van der Waals surface area contributed by atoms with Gasteiger partial charge in [-0.3, -0.25) is 9.59 Å². The number of hydrogen-bond donors (Lipinski definition) is 2. The number of thioether (sulfide) groups is 1. The lowest BCUT2D eigenvalue weighted by atomic mass is 10.1. The average Bonchev–Trinajstić information content (AvgIpc) is 3.47. The zero-order valence-corrected chi connectivity index (χ0v) is 17.1. The van der Waals surface area contributed by atoms with E-state index in [-0.39, 0.29) is 23.6 Å². The topological polar surface area (TPSA) is 90.0 Å². The van der Waals surface area contributed by atoms with Crippen LogP contribution in [0.15, 0.2) is 53.6 Å². The molecule has 29 heavy (non-hydrogen) atoms. The first-order chi connectivity index (χ1) is 14.0. The van der Waals surface area contributed by atoms with Crippen molar-refractivity contribution in [3.63, 3.8) is 0 Å². The number of anilines is 1. The molecule has 6 nitrogen and oxygen atoms in total. The summed E-state index contributed by atoms with van der Waals surface area (Å²) in [5.74, 6) is -0.0295. The van der Waals surface area contributed by atoms with E-state index in [0.717, 1.165) is 23.3 Å². The number of nitrogens with one attached hydrogen (secondary N) is 1. The van der Waals surface area contributed by atoms with Crippen LogP contribution in [-0.2, 0) is 0 Å². The number of hydrogen-bond acceptors (Lipinski definition) is 5. The Morgan fingerprint density at radius 1 is 1.14 bits per heavy atom. The highest BCUT2D eigenvalue weighted by Crippen LogP contribution is 2.25. The Hall–Kier alpha value is -3.06. The van der Waals surface area contributed by atoms with Gasteiger partial charge >= 0.3 is 0 Å². The highest BCUT2D eigenvalue weighted by atomic mass is 32.2. The Morgan fingerprint density at radius 2 is 1.83 bits per heavy atom. The molecule has 1 aliphatic carbocycles. The van der Waals surface area contributed by atoms with Crippen LogP contribution in [0.3, 0.4) is 0 Å². The molecule has 1 aliphatic rings. The number of rotatable bonds is 6. The molecule has 4 rings (SSSR count). The maximum atomic E-state index is 12.9. The Bertz CT molecular complexity index is 1080. The zero-order chi connectivity index (χ0) is 20.5. The molecule has 0 aliphatic heterocycles.